The van der Waals surface area contributed by atoms with Crippen molar-refractivity contribution in [2.24, 2.45) is 0 Å². The molecule has 2 aromatic rings. The topological polar surface area (TPSA) is 25.4 Å². The SMILES string of the molecule is Clc1cncc(-c2ccccc2)c1N1CCOCC1. The van der Waals surface area contributed by atoms with Crippen molar-refractivity contribution >= 4 is 17.3 Å². The van der Waals surface area contributed by atoms with Gasteiger partial charge in [0.25, 0.3) is 0 Å². The molecule has 1 fully saturated rings. The van der Waals surface area contributed by atoms with E-state index in [1.165, 1.54) is 0 Å². The molecule has 2 heterocycles. The van der Waals surface area contributed by atoms with Crippen LogP contribution < -0.4 is 4.90 Å². The smallest absolute Gasteiger partial charge is 0.0829 e. The van der Waals surface area contributed by atoms with Crippen LogP contribution in [-0.4, -0.2) is 31.3 Å². The minimum atomic E-state index is 0.697. The largest absolute Gasteiger partial charge is 0.378 e. The van der Waals surface area contributed by atoms with Crippen LogP contribution in [0.25, 0.3) is 11.1 Å². The number of anilines is 1. The molecule has 1 saturated heterocycles. The van der Waals surface area contributed by atoms with Crippen LogP contribution >= 0.6 is 11.6 Å². The van der Waals surface area contributed by atoms with Crippen molar-refractivity contribution in [1.29, 1.82) is 0 Å². The predicted octanol–water partition coefficient (Wildman–Crippen LogP) is 3.24. The van der Waals surface area contributed by atoms with Crippen LogP contribution in [0.3, 0.4) is 0 Å². The standard InChI is InChI=1S/C15H15ClN2O/c16-14-11-17-10-13(12-4-2-1-3-5-12)15(14)18-6-8-19-9-7-18/h1-5,10-11H,6-9H2. The first-order chi connectivity index (χ1) is 9.36. The summed E-state index contributed by atoms with van der Waals surface area (Å²) in [5.41, 5.74) is 3.28. The first-order valence-electron chi connectivity index (χ1n) is 6.38. The van der Waals surface area contributed by atoms with Crippen LogP contribution in [0.4, 0.5) is 5.69 Å². The van der Waals surface area contributed by atoms with Gasteiger partial charge in [-0.3, -0.25) is 4.98 Å². The van der Waals surface area contributed by atoms with E-state index >= 15 is 0 Å². The molecule has 4 heteroatoms. The molecular weight excluding hydrogens is 260 g/mol. The Morgan fingerprint density at radius 3 is 2.53 bits per heavy atom. The molecular formula is C15H15ClN2O. The van der Waals surface area contributed by atoms with Gasteiger partial charge in [0.1, 0.15) is 0 Å². The van der Waals surface area contributed by atoms with Crippen LogP contribution in [0.1, 0.15) is 0 Å². The molecule has 3 rings (SSSR count). The normalized spacial score (nSPS) is 15.5. The van der Waals surface area contributed by atoms with Gasteiger partial charge in [0.2, 0.25) is 0 Å². The number of halogens is 1. The summed E-state index contributed by atoms with van der Waals surface area (Å²) in [6.07, 6.45) is 3.59. The van der Waals surface area contributed by atoms with Crippen molar-refractivity contribution in [3.8, 4) is 11.1 Å². The lowest BCUT2D eigenvalue weighted by atomic mass is 10.1. The van der Waals surface area contributed by atoms with Crippen molar-refractivity contribution in [1.82, 2.24) is 4.98 Å². The highest BCUT2D eigenvalue weighted by molar-refractivity contribution is 6.33. The second-order valence-electron chi connectivity index (χ2n) is 4.48. The van der Waals surface area contributed by atoms with E-state index in [4.69, 9.17) is 16.3 Å². The van der Waals surface area contributed by atoms with Gasteiger partial charge in [0, 0.05) is 31.0 Å². The van der Waals surface area contributed by atoms with E-state index in [0.29, 0.717) is 5.02 Å². The fourth-order valence-corrected chi connectivity index (χ4v) is 2.64. The van der Waals surface area contributed by atoms with Crippen LogP contribution in [0, 0.1) is 0 Å². The third-order valence-electron chi connectivity index (χ3n) is 3.28. The van der Waals surface area contributed by atoms with Crippen molar-refractivity contribution in [3.63, 3.8) is 0 Å². The Hall–Kier alpha value is -1.58. The van der Waals surface area contributed by atoms with E-state index in [1.807, 2.05) is 24.4 Å². The highest BCUT2D eigenvalue weighted by atomic mass is 35.5. The maximum absolute atomic E-state index is 6.37. The highest BCUT2D eigenvalue weighted by Crippen LogP contribution is 2.36. The highest BCUT2D eigenvalue weighted by Gasteiger charge is 2.18. The number of pyridine rings is 1. The number of rotatable bonds is 2. The third kappa shape index (κ3) is 2.57. The Morgan fingerprint density at radius 1 is 1.05 bits per heavy atom. The second-order valence-corrected chi connectivity index (χ2v) is 4.89. The molecule has 0 saturated carbocycles. The van der Waals surface area contributed by atoms with E-state index in [-0.39, 0.29) is 0 Å². The molecule has 1 aliphatic heterocycles. The van der Waals surface area contributed by atoms with Crippen molar-refractivity contribution in [2.45, 2.75) is 0 Å². The fraction of sp³-hybridized carbons (Fsp3) is 0.267. The predicted molar refractivity (Wildman–Crippen MR) is 77.7 cm³/mol. The van der Waals surface area contributed by atoms with Gasteiger partial charge in [-0.1, -0.05) is 41.9 Å². The quantitative estimate of drug-likeness (QED) is 0.841. The molecule has 0 radical (unpaired) electrons. The molecule has 19 heavy (non-hydrogen) atoms. The Morgan fingerprint density at radius 2 is 1.79 bits per heavy atom. The van der Waals surface area contributed by atoms with E-state index in [9.17, 15) is 0 Å². The van der Waals surface area contributed by atoms with Crippen LogP contribution in [0.15, 0.2) is 42.7 Å². The van der Waals surface area contributed by atoms with Crippen LogP contribution in [0.5, 0.6) is 0 Å². The lowest BCUT2D eigenvalue weighted by Gasteiger charge is -2.31. The number of morpholine rings is 1. The van der Waals surface area contributed by atoms with Gasteiger partial charge >= 0.3 is 0 Å². The fourth-order valence-electron chi connectivity index (χ4n) is 2.37. The van der Waals surface area contributed by atoms with Gasteiger partial charge in [0.05, 0.1) is 23.9 Å². The average Bonchev–Trinajstić information content (AvgIpc) is 2.49. The summed E-state index contributed by atoms with van der Waals surface area (Å²) in [5.74, 6) is 0. The third-order valence-corrected chi connectivity index (χ3v) is 3.56. The van der Waals surface area contributed by atoms with Gasteiger partial charge in [-0.05, 0) is 5.56 Å². The zero-order chi connectivity index (χ0) is 13.1. The molecule has 0 amide bonds. The number of nitrogens with zero attached hydrogens (tertiary/aromatic N) is 2. The number of benzene rings is 1. The summed E-state index contributed by atoms with van der Waals surface area (Å²) in [7, 11) is 0. The number of ether oxygens (including phenoxy) is 1. The summed E-state index contributed by atoms with van der Waals surface area (Å²) in [5, 5.41) is 0.697. The summed E-state index contributed by atoms with van der Waals surface area (Å²) in [6, 6.07) is 10.2. The average molecular weight is 275 g/mol. The molecule has 98 valence electrons. The minimum Gasteiger partial charge on any atom is -0.378 e. The van der Waals surface area contributed by atoms with Crippen molar-refractivity contribution in [3.05, 3.63) is 47.7 Å². The molecule has 0 unspecified atom stereocenters. The lowest BCUT2D eigenvalue weighted by molar-refractivity contribution is 0.123. The van der Waals surface area contributed by atoms with E-state index in [1.54, 1.807) is 6.20 Å². The molecule has 0 N–H and O–H groups in total. The lowest BCUT2D eigenvalue weighted by Crippen LogP contribution is -2.36. The van der Waals surface area contributed by atoms with Crippen LogP contribution in [0.2, 0.25) is 5.02 Å². The molecule has 0 bridgehead atoms. The minimum absolute atomic E-state index is 0.697. The first kappa shape index (κ1) is 12.5. The molecule has 1 aliphatic rings. The van der Waals surface area contributed by atoms with Gasteiger partial charge in [-0.15, -0.1) is 0 Å². The van der Waals surface area contributed by atoms with E-state index in [0.717, 1.165) is 43.1 Å². The Bertz CT molecular complexity index is 553. The van der Waals surface area contributed by atoms with Gasteiger partial charge in [-0.2, -0.15) is 0 Å². The van der Waals surface area contributed by atoms with Crippen molar-refractivity contribution in [2.75, 3.05) is 31.2 Å². The number of hydrogen-bond acceptors (Lipinski definition) is 3. The Balaban J connectivity index is 2.07. The molecule has 0 aliphatic carbocycles. The van der Waals surface area contributed by atoms with Crippen LogP contribution in [-0.2, 0) is 4.74 Å². The van der Waals surface area contributed by atoms with Crippen molar-refractivity contribution < 1.29 is 4.74 Å². The zero-order valence-corrected chi connectivity index (χ0v) is 11.3. The van der Waals surface area contributed by atoms with E-state index in [2.05, 4.69) is 22.0 Å². The van der Waals surface area contributed by atoms with E-state index < -0.39 is 0 Å². The first-order valence-corrected chi connectivity index (χ1v) is 6.75. The molecule has 3 nitrogen and oxygen atoms in total. The summed E-state index contributed by atoms with van der Waals surface area (Å²) in [6.45, 7) is 3.22. The Labute approximate surface area is 117 Å². The zero-order valence-electron chi connectivity index (χ0n) is 10.6. The maximum Gasteiger partial charge on any atom is 0.0829 e. The monoisotopic (exact) mass is 274 g/mol. The molecule has 1 aromatic heterocycles. The van der Waals surface area contributed by atoms with Gasteiger partial charge < -0.3 is 9.64 Å². The maximum atomic E-state index is 6.37. The summed E-state index contributed by atoms with van der Waals surface area (Å²) >= 11 is 6.37. The summed E-state index contributed by atoms with van der Waals surface area (Å²) < 4.78 is 5.41. The number of aromatic nitrogens is 1. The molecule has 0 spiro atoms. The summed E-state index contributed by atoms with van der Waals surface area (Å²) in [4.78, 5) is 6.50. The second kappa shape index (κ2) is 5.59. The molecule has 1 aromatic carbocycles. The number of hydrogen-bond donors (Lipinski definition) is 0. The molecule has 0 atom stereocenters. The van der Waals surface area contributed by atoms with Gasteiger partial charge in [0.15, 0.2) is 0 Å². The van der Waals surface area contributed by atoms with Gasteiger partial charge in [-0.25, -0.2) is 0 Å². The Kier molecular flexibility index (Phi) is 3.67.